The van der Waals surface area contributed by atoms with Crippen molar-refractivity contribution in [2.75, 3.05) is 40.9 Å². The van der Waals surface area contributed by atoms with E-state index >= 15 is 0 Å². The molecule has 26 heteroatoms. The van der Waals surface area contributed by atoms with E-state index in [1.54, 1.807) is 54.3 Å². The summed E-state index contributed by atoms with van der Waals surface area (Å²) >= 11 is 1.64. The fraction of sp³-hybridized carbons (Fsp3) is 0.257. The number of amides is 4. The van der Waals surface area contributed by atoms with Gasteiger partial charge in [0.25, 0.3) is 23.6 Å². The highest BCUT2D eigenvalue weighted by atomic mass is 32.1. The number of aromatic nitrogens is 9. The summed E-state index contributed by atoms with van der Waals surface area (Å²) in [6.45, 7) is 11.9. The molecule has 0 bridgehead atoms. The molecule has 10 aromatic carbocycles. The van der Waals surface area contributed by atoms with Crippen LogP contribution in [0.5, 0.6) is 0 Å². The smallest absolute Gasteiger partial charge is 0.274 e. The molecular formula is C113H120N20O5S. The Labute approximate surface area is 815 Å². The first-order valence-electron chi connectivity index (χ1n) is 48.0. The van der Waals surface area contributed by atoms with Crippen LogP contribution in [-0.4, -0.2) is 98.7 Å². The van der Waals surface area contributed by atoms with E-state index in [9.17, 15) is 24.3 Å². The number of nitrogens with two attached hydrogens (primary N) is 4. The van der Waals surface area contributed by atoms with Crippen LogP contribution in [0.2, 0.25) is 0 Å². The van der Waals surface area contributed by atoms with Crippen LogP contribution >= 0.6 is 11.3 Å². The number of allylic oxidation sites excluding steroid dienone is 1. The number of aliphatic imine (C=N–C) groups is 1. The minimum absolute atomic E-state index is 0.00391. The van der Waals surface area contributed by atoms with Crippen LogP contribution in [0.15, 0.2) is 313 Å². The predicted molar refractivity (Wildman–Crippen MR) is 554 cm³/mol. The van der Waals surface area contributed by atoms with Gasteiger partial charge in [0.15, 0.2) is 0 Å². The number of nitrogens with zero attached hydrogens (tertiary/aromatic N) is 10. The summed E-state index contributed by atoms with van der Waals surface area (Å²) in [7, 11) is 0. The molecule has 1 aliphatic heterocycles. The molecule has 20 rings (SSSR count). The third-order valence-corrected chi connectivity index (χ3v) is 26.3. The molecular weight excluding hydrogens is 1750 g/mol. The van der Waals surface area contributed by atoms with Crippen molar-refractivity contribution in [1.29, 1.82) is 0 Å². The summed E-state index contributed by atoms with van der Waals surface area (Å²) in [6.07, 6.45) is 21.3. The second kappa shape index (κ2) is 45.1. The first-order chi connectivity index (χ1) is 67.8. The Morgan fingerprint density at radius 2 is 0.799 bits per heavy atom. The molecule has 3 atom stereocenters. The standard InChI is InChI=1S/C30H32N4O2.C30H30N4O.C27H30N6O.C26H28N6OS/c1-21-17-28(34(33-21)27-12-5-7-23(18-27)20-31)29(35)32-26-11-6-10-25(19-26)30(36,16-15-22-13-14-22)24-8-3-2-4-9-24;1-21-17-29(34(33-21)27-12-5-7-23(18-27)20-31)30(35)32-26-11-6-10-25(19-26)28(16-15-22-13-14-22)24-8-3-2-4-9-24;1-18-12-25(33(32-18)24-7-2-4-20(13-24)15-28)27(34)31-23-6-3-5-21(14-23)26(22-10-11-29-17-22)30-16-19-8-9-19;1-17-12-23(32(31-17)22-7-2-4-19(13-22)15-27)25(33)30-21-6-3-5-20(14-21)24(26-28-10-11-34-26)29-16-18-8-9-18/h2-12,17-19,22,36H,13-16,20,31H2,1H3,(H,32,35);2-12,16-19,22H,13-15,20,31H2,1H3,(H,32,35);2-7,10,12-14,17,19,26,30H,8-9,11,15-16,28H2,1H3,(H,31,34);2-7,10-14,18,24,29H,8-9,15-16,27H2,1H3,(H,30,33). The van der Waals surface area contributed by atoms with Crippen molar-refractivity contribution in [2.45, 2.75) is 142 Å². The van der Waals surface area contributed by atoms with Gasteiger partial charge in [0.1, 0.15) is 33.4 Å². The molecule has 5 aliphatic rings. The number of hydrogen-bond donors (Lipinski definition) is 11. The molecule has 3 unspecified atom stereocenters. The largest absolute Gasteiger partial charge is 0.380 e. The summed E-state index contributed by atoms with van der Waals surface area (Å²) in [5, 5.41) is 52.7. The minimum Gasteiger partial charge on any atom is -0.380 e. The van der Waals surface area contributed by atoms with Crippen molar-refractivity contribution < 1.29 is 24.3 Å². The normalized spacial score (nSPS) is 14.6. The molecule has 139 heavy (non-hydrogen) atoms. The van der Waals surface area contributed by atoms with Gasteiger partial charge < -0.3 is 59.9 Å². The van der Waals surface area contributed by atoms with Gasteiger partial charge in [-0.15, -0.1) is 11.3 Å². The average molecular weight is 1870 g/mol. The molecule has 0 spiro atoms. The fourth-order valence-corrected chi connectivity index (χ4v) is 18.0. The first kappa shape index (κ1) is 96.1. The van der Waals surface area contributed by atoms with Crippen molar-refractivity contribution in [3.8, 4) is 22.7 Å². The number of carbonyl (C=O) groups is 4. The van der Waals surface area contributed by atoms with Gasteiger partial charge in [0.2, 0.25) is 0 Å². The number of thiazole rings is 1. The second-order valence-corrected chi connectivity index (χ2v) is 37.5. The molecule has 6 heterocycles. The van der Waals surface area contributed by atoms with Crippen molar-refractivity contribution in [2.24, 2.45) is 51.6 Å². The summed E-state index contributed by atoms with van der Waals surface area (Å²) < 4.78 is 6.67. The Hall–Kier alpha value is -14.6. The van der Waals surface area contributed by atoms with Crippen LogP contribution in [0.1, 0.15) is 208 Å². The van der Waals surface area contributed by atoms with Crippen LogP contribution in [0, 0.1) is 51.4 Å². The van der Waals surface area contributed by atoms with E-state index < -0.39 is 5.60 Å². The lowest BCUT2D eigenvalue weighted by atomic mass is 9.82. The maximum absolute atomic E-state index is 13.4. The third-order valence-electron chi connectivity index (χ3n) is 25.4. The summed E-state index contributed by atoms with van der Waals surface area (Å²) in [5.41, 5.74) is 45.5. The number of carbonyl (C=O) groups excluding carboxylic acids is 4. The number of aryl methyl sites for hydroxylation is 4. The quantitative estimate of drug-likeness (QED) is 0.0176. The molecule has 15 aromatic rings. The number of anilines is 4. The number of rotatable bonds is 35. The number of aliphatic hydroxyl groups is 1. The lowest BCUT2D eigenvalue weighted by Gasteiger charge is -2.30. The van der Waals surface area contributed by atoms with E-state index in [0.29, 0.717) is 67.0 Å². The lowest BCUT2D eigenvalue weighted by Crippen LogP contribution is -2.28. The van der Waals surface area contributed by atoms with E-state index in [4.69, 9.17) is 22.9 Å². The Balaban J connectivity index is 0.000000128. The highest BCUT2D eigenvalue weighted by molar-refractivity contribution is 7.09. The lowest BCUT2D eigenvalue weighted by molar-refractivity contribution is 0.0670. The maximum atomic E-state index is 13.4. The summed E-state index contributed by atoms with van der Waals surface area (Å²) in [5.74, 6) is 2.13. The maximum Gasteiger partial charge on any atom is 0.274 e. The zero-order valence-electron chi connectivity index (χ0n) is 78.9. The van der Waals surface area contributed by atoms with Gasteiger partial charge in [-0.2, -0.15) is 20.4 Å². The zero-order valence-corrected chi connectivity index (χ0v) is 79.7. The molecule has 0 radical (unpaired) electrons. The monoisotopic (exact) mass is 1870 g/mol. The van der Waals surface area contributed by atoms with Gasteiger partial charge in [0.05, 0.1) is 64.2 Å². The molecule has 4 aliphatic carbocycles. The molecule has 15 N–H and O–H groups in total. The first-order valence-corrected chi connectivity index (χ1v) is 48.9. The summed E-state index contributed by atoms with van der Waals surface area (Å²) in [6, 6.07) is 90.1. The number of hydrogen-bond acceptors (Lipinski definition) is 18. The highest BCUT2D eigenvalue weighted by Gasteiger charge is 2.36. The van der Waals surface area contributed by atoms with Crippen molar-refractivity contribution in [3.05, 3.63) is 415 Å². The zero-order chi connectivity index (χ0) is 96.3. The van der Waals surface area contributed by atoms with Crippen LogP contribution in [0.3, 0.4) is 0 Å². The molecule has 4 saturated carbocycles. The van der Waals surface area contributed by atoms with E-state index in [1.165, 1.54) is 68.1 Å². The number of benzene rings is 10. The van der Waals surface area contributed by atoms with Crippen LogP contribution in [0.25, 0.3) is 28.3 Å². The van der Waals surface area contributed by atoms with Gasteiger partial charge in [-0.1, -0.05) is 183 Å². The Bertz CT molecular complexity index is 6900. The second-order valence-electron chi connectivity index (χ2n) is 36.6. The minimum atomic E-state index is -1.12. The van der Waals surface area contributed by atoms with Crippen molar-refractivity contribution >= 4 is 69.5 Å². The van der Waals surface area contributed by atoms with E-state index in [2.05, 4.69) is 117 Å². The Morgan fingerprint density at radius 3 is 1.21 bits per heavy atom. The predicted octanol–water partition coefficient (Wildman–Crippen LogP) is 19.8. The average Bonchev–Trinajstić information content (AvgIpc) is 1.50. The molecule has 5 aromatic heterocycles. The van der Waals surface area contributed by atoms with Gasteiger partial charge >= 0.3 is 0 Å². The van der Waals surface area contributed by atoms with Gasteiger partial charge in [-0.25, -0.2) is 23.7 Å². The molecule has 0 saturated heterocycles. The van der Waals surface area contributed by atoms with E-state index in [1.807, 2.05) is 258 Å². The highest BCUT2D eigenvalue weighted by Crippen LogP contribution is 2.43. The van der Waals surface area contributed by atoms with Gasteiger partial charge in [-0.05, 0) is 310 Å². The Morgan fingerprint density at radius 1 is 0.417 bits per heavy atom. The van der Waals surface area contributed by atoms with Crippen molar-refractivity contribution in [1.82, 2.24) is 54.7 Å². The molecule has 708 valence electrons. The van der Waals surface area contributed by atoms with E-state index in [-0.39, 0.29) is 35.7 Å². The van der Waals surface area contributed by atoms with Crippen molar-refractivity contribution in [3.63, 3.8) is 0 Å². The fourth-order valence-electron chi connectivity index (χ4n) is 17.3. The van der Waals surface area contributed by atoms with Crippen LogP contribution in [0.4, 0.5) is 22.7 Å². The SMILES string of the molecule is Cc1cc(C(=O)Nc2cccc(C(=CCC3CC3)c3ccccc3)c2)n(-c2cccc(CN)c2)n1.Cc1cc(C(=O)Nc2cccc(C(NCC3CC3)C3=CCN=C3)c2)n(-c2cccc(CN)c2)n1.Cc1cc(C(=O)Nc2cccc(C(NCC3CC3)c3nccs3)c2)n(-c2cccc(CN)c2)n1.Cc1cc(C(=O)Nc2cccc(C(O)(CCC3CC3)c3ccccc3)c2)n(-c2cccc(CN)c2)n1. The van der Waals surface area contributed by atoms with Crippen LogP contribution < -0.4 is 54.8 Å². The number of nitrogens with one attached hydrogen (secondary N) is 6. The van der Waals surface area contributed by atoms with E-state index in [0.717, 1.165) is 168 Å². The van der Waals surface area contributed by atoms with Gasteiger partial charge in [0, 0.05) is 66.7 Å². The molecule has 4 fully saturated rings. The molecule has 4 amide bonds. The Kier molecular flexibility index (Phi) is 31.2. The summed E-state index contributed by atoms with van der Waals surface area (Å²) in [4.78, 5) is 62.2. The topological polar surface area (TPSA) is 361 Å². The van der Waals surface area contributed by atoms with Gasteiger partial charge in [-0.3, -0.25) is 24.2 Å². The van der Waals surface area contributed by atoms with Crippen LogP contribution in [-0.2, 0) is 31.8 Å². The molecule has 25 nitrogen and oxygen atoms in total. The third kappa shape index (κ3) is 25.3.